The van der Waals surface area contributed by atoms with Crippen LogP contribution < -0.4 is 4.90 Å². The summed E-state index contributed by atoms with van der Waals surface area (Å²) in [4.78, 5) is 1.99. The van der Waals surface area contributed by atoms with Crippen LogP contribution in [0.5, 0.6) is 0 Å². The van der Waals surface area contributed by atoms with E-state index in [-0.39, 0.29) is 5.56 Å². The van der Waals surface area contributed by atoms with E-state index in [0.717, 1.165) is 11.3 Å². The molecule has 0 aliphatic carbocycles. The molecule has 0 amide bonds. The first-order valence-corrected chi connectivity index (χ1v) is 9.73. The summed E-state index contributed by atoms with van der Waals surface area (Å²) >= 11 is 0. The maximum Gasteiger partial charge on any atom is 0.100 e. The molecule has 0 radical (unpaired) electrons. The minimum absolute atomic E-state index is 0.267. The molecule has 3 aromatic rings. The number of benzene rings is 3. The average Bonchev–Trinajstić information content (AvgIpc) is 2.85. The van der Waals surface area contributed by atoms with Gasteiger partial charge in [0.05, 0.1) is 28.3 Å². The van der Waals surface area contributed by atoms with Crippen LogP contribution in [0.2, 0.25) is 0 Å². The van der Waals surface area contributed by atoms with Crippen molar-refractivity contribution in [1.82, 2.24) is 0 Å². The highest BCUT2D eigenvalue weighted by atomic mass is 15.1. The average molecular weight is 421 g/mol. The normalized spacial score (nSPS) is 8.91. The Kier molecular flexibility index (Phi) is 6.76. The number of nitrogens with zero attached hydrogens (tertiary/aromatic N) is 5. The molecule has 0 N–H and O–H groups in total. The Labute approximate surface area is 193 Å². The summed E-state index contributed by atoms with van der Waals surface area (Å²) in [6.07, 6.45) is 0. The van der Waals surface area contributed by atoms with Gasteiger partial charge in [0.25, 0.3) is 0 Å². The molecule has 0 bridgehead atoms. The largest absolute Gasteiger partial charge is 0.378 e. The SMILES string of the molecule is CN(C)c1ccc(C#Cc2cc(C#N)c(C#Cc3cc(C#N)ccc3C#N)cc2C#N)cc1. The standard InChI is InChI=1S/C28H15N5/c1-33(2)28-11-5-20(6-12-28)3-7-23-14-27(19-32)24(15-26(23)18-31)10-9-22-13-21(16-29)4-8-25(22)17-30/h4-6,8,11-15H,1-2H3. The lowest BCUT2D eigenvalue weighted by molar-refractivity contribution is 1.13. The van der Waals surface area contributed by atoms with E-state index in [1.165, 1.54) is 18.2 Å². The molecule has 0 atom stereocenters. The second-order valence-electron chi connectivity index (χ2n) is 7.09. The Balaban J connectivity index is 2.02. The van der Waals surface area contributed by atoms with Crippen molar-refractivity contribution in [2.75, 3.05) is 19.0 Å². The Bertz CT molecular complexity index is 1530. The third-order valence-corrected chi connectivity index (χ3v) is 4.72. The monoisotopic (exact) mass is 421 g/mol. The molecule has 0 aromatic heterocycles. The fraction of sp³-hybridized carbons (Fsp3) is 0.0714. The van der Waals surface area contributed by atoms with Gasteiger partial charge in [-0.25, -0.2) is 0 Å². The van der Waals surface area contributed by atoms with E-state index in [1.807, 2.05) is 55.4 Å². The first kappa shape index (κ1) is 22.2. The molecule has 5 nitrogen and oxygen atoms in total. The van der Waals surface area contributed by atoms with Gasteiger partial charge in [-0.15, -0.1) is 0 Å². The van der Waals surface area contributed by atoms with Crippen LogP contribution in [0.3, 0.4) is 0 Å². The van der Waals surface area contributed by atoms with Gasteiger partial charge in [-0.05, 0) is 54.6 Å². The highest BCUT2D eigenvalue weighted by Crippen LogP contribution is 2.17. The number of anilines is 1. The van der Waals surface area contributed by atoms with Crippen molar-refractivity contribution >= 4 is 5.69 Å². The maximum absolute atomic E-state index is 9.61. The predicted molar refractivity (Wildman–Crippen MR) is 124 cm³/mol. The first-order valence-electron chi connectivity index (χ1n) is 9.73. The molecule has 0 aliphatic heterocycles. The zero-order valence-corrected chi connectivity index (χ0v) is 17.9. The summed E-state index contributed by atoms with van der Waals surface area (Å²) in [5.41, 5.74) is 4.25. The highest BCUT2D eigenvalue weighted by Gasteiger charge is 2.08. The van der Waals surface area contributed by atoms with Gasteiger partial charge in [-0.3, -0.25) is 0 Å². The van der Waals surface area contributed by atoms with Crippen molar-refractivity contribution < 1.29 is 0 Å². The minimum Gasteiger partial charge on any atom is -0.378 e. The lowest BCUT2D eigenvalue weighted by atomic mass is 9.98. The Morgan fingerprint density at radius 2 is 0.970 bits per heavy atom. The molecule has 0 saturated heterocycles. The quantitative estimate of drug-likeness (QED) is 0.552. The smallest absolute Gasteiger partial charge is 0.100 e. The summed E-state index contributed by atoms with van der Waals surface area (Å²) in [5.74, 6) is 11.7. The van der Waals surface area contributed by atoms with Gasteiger partial charge in [0.2, 0.25) is 0 Å². The minimum atomic E-state index is 0.267. The first-order chi connectivity index (χ1) is 16.0. The van der Waals surface area contributed by atoms with E-state index in [2.05, 4.69) is 35.8 Å². The van der Waals surface area contributed by atoms with Gasteiger partial charge < -0.3 is 4.90 Å². The molecule has 5 heteroatoms. The van der Waals surface area contributed by atoms with Crippen molar-refractivity contribution in [3.63, 3.8) is 0 Å². The van der Waals surface area contributed by atoms with E-state index in [9.17, 15) is 15.8 Å². The summed E-state index contributed by atoms with van der Waals surface area (Å²) < 4.78 is 0. The Morgan fingerprint density at radius 3 is 1.45 bits per heavy atom. The molecule has 0 fully saturated rings. The maximum atomic E-state index is 9.61. The topological polar surface area (TPSA) is 98.4 Å². The van der Waals surface area contributed by atoms with Crippen molar-refractivity contribution in [2.45, 2.75) is 0 Å². The highest BCUT2D eigenvalue weighted by molar-refractivity contribution is 5.62. The molecule has 33 heavy (non-hydrogen) atoms. The van der Waals surface area contributed by atoms with Crippen LogP contribution in [0.4, 0.5) is 5.69 Å². The third-order valence-electron chi connectivity index (χ3n) is 4.72. The van der Waals surface area contributed by atoms with Gasteiger partial charge in [0.15, 0.2) is 0 Å². The second-order valence-corrected chi connectivity index (χ2v) is 7.09. The van der Waals surface area contributed by atoms with E-state index in [1.54, 1.807) is 12.1 Å². The van der Waals surface area contributed by atoms with E-state index < -0.39 is 0 Å². The Morgan fingerprint density at radius 1 is 0.485 bits per heavy atom. The van der Waals surface area contributed by atoms with Crippen LogP contribution >= 0.6 is 0 Å². The number of nitriles is 4. The van der Waals surface area contributed by atoms with Crippen LogP contribution in [-0.2, 0) is 0 Å². The lowest BCUT2D eigenvalue weighted by Gasteiger charge is -2.11. The molecular weight excluding hydrogens is 406 g/mol. The molecule has 0 spiro atoms. The molecule has 3 aromatic carbocycles. The van der Waals surface area contributed by atoms with Crippen molar-refractivity contribution in [1.29, 1.82) is 21.0 Å². The summed E-state index contributed by atoms with van der Waals surface area (Å²) in [6, 6.07) is 23.6. The van der Waals surface area contributed by atoms with E-state index in [0.29, 0.717) is 33.4 Å². The molecule has 3 rings (SSSR count). The van der Waals surface area contributed by atoms with Gasteiger partial charge in [0, 0.05) is 42.0 Å². The molecule has 0 unspecified atom stereocenters. The summed E-state index contributed by atoms with van der Waals surface area (Å²) in [5, 5.41) is 37.6. The molecule has 0 aliphatic rings. The zero-order chi connectivity index (χ0) is 23.8. The third kappa shape index (κ3) is 5.18. The van der Waals surface area contributed by atoms with E-state index >= 15 is 0 Å². The summed E-state index contributed by atoms with van der Waals surface area (Å²) in [6.45, 7) is 0. The van der Waals surface area contributed by atoms with Crippen molar-refractivity contribution in [3.8, 4) is 48.0 Å². The molecule has 0 saturated carbocycles. The van der Waals surface area contributed by atoms with Gasteiger partial charge in [-0.1, -0.05) is 23.7 Å². The van der Waals surface area contributed by atoms with Gasteiger partial charge in [0.1, 0.15) is 18.2 Å². The summed E-state index contributed by atoms with van der Waals surface area (Å²) in [7, 11) is 3.91. The van der Waals surface area contributed by atoms with Crippen LogP contribution in [-0.4, -0.2) is 14.1 Å². The Hall–Kier alpha value is -5.46. The van der Waals surface area contributed by atoms with E-state index in [4.69, 9.17) is 5.26 Å². The fourth-order valence-corrected chi connectivity index (χ4v) is 2.92. The molecule has 0 heterocycles. The van der Waals surface area contributed by atoms with Crippen molar-refractivity contribution in [2.24, 2.45) is 0 Å². The zero-order valence-electron chi connectivity index (χ0n) is 17.9. The van der Waals surface area contributed by atoms with Gasteiger partial charge in [-0.2, -0.15) is 21.0 Å². The van der Waals surface area contributed by atoms with Crippen LogP contribution in [0, 0.1) is 69.0 Å². The lowest BCUT2D eigenvalue weighted by Crippen LogP contribution is -2.07. The number of rotatable bonds is 1. The van der Waals surface area contributed by atoms with Crippen LogP contribution in [0.1, 0.15) is 44.5 Å². The molecule has 152 valence electrons. The van der Waals surface area contributed by atoms with Crippen molar-refractivity contribution in [3.05, 3.63) is 99.1 Å². The van der Waals surface area contributed by atoms with Crippen LogP contribution in [0.25, 0.3) is 0 Å². The fourth-order valence-electron chi connectivity index (χ4n) is 2.92. The van der Waals surface area contributed by atoms with Crippen LogP contribution in [0.15, 0.2) is 54.6 Å². The van der Waals surface area contributed by atoms with Gasteiger partial charge >= 0.3 is 0 Å². The molecular formula is C28H15N5. The number of hydrogen-bond donors (Lipinski definition) is 0. The second kappa shape index (κ2) is 10.0. The number of hydrogen-bond acceptors (Lipinski definition) is 5. The predicted octanol–water partition coefficient (Wildman–Crippen LogP) is 4.04.